The van der Waals surface area contributed by atoms with E-state index in [1.54, 1.807) is 13.8 Å². The summed E-state index contributed by atoms with van der Waals surface area (Å²) in [5.41, 5.74) is 0. The van der Waals surface area contributed by atoms with Crippen LogP contribution in [0, 0.1) is 5.92 Å². The SMILES string of the molecule is CC(=O)CC(C)CC(C)=O. The highest BCUT2D eigenvalue weighted by Gasteiger charge is 2.06. The highest BCUT2D eigenvalue weighted by Crippen LogP contribution is 2.07. The van der Waals surface area contributed by atoms with Gasteiger partial charge in [0.15, 0.2) is 0 Å². The Balaban J connectivity index is 3.53. The summed E-state index contributed by atoms with van der Waals surface area (Å²) in [6, 6.07) is 0. The van der Waals surface area contributed by atoms with Crippen molar-refractivity contribution in [2.75, 3.05) is 0 Å². The number of hydrogen-bond donors (Lipinski definition) is 0. The van der Waals surface area contributed by atoms with E-state index in [1.807, 2.05) is 6.92 Å². The van der Waals surface area contributed by atoms with Crippen LogP contribution in [0.25, 0.3) is 0 Å². The maximum Gasteiger partial charge on any atom is 0.130 e. The van der Waals surface area contributed by atoms with Crippen molar-refractivity contribution in [2.45, 2.75) is 33.6 Å². The smallest absolute Gasteiger partial charge is 0.130 e. The summed E-state index contributed by atoms with van der Waals surface area (Å²) in [5, 5.41) is 0. The first-order chi connectivity index (χ1) is 4.52. The van der Waals surface area contributed by atoms with E-state index in [9.17, 15) is 9.59 Å². The largest absolute Gasteiger partial charge is 0.300 e. The molecule has 0 heterocycles. The van der Waals surface area contributed by atoms with Gasteiger partial charge in [-0.2, -0.15) is 0 Å². The molecule has 58 valence electrons. The molecular weight excluding hydrogens is 128 g/mol. The normalized spacial score (nSPS) is 10.0. The van der Waals surface area contributed by atoms with Gasteiger partial charge in [-0.3, -0.25) is 0 Å². The Morgan fingerprint density at radius 3 is 1.60 bits per heavy atom. The molecule has 2 nitrogen and oxygen atoms in total. The molecule has 2 heteroatoms. The van der Waals surface area contributed by atoms with Gasteiger partial charge in [-0.15, -0.1) is 0 Å². The first-order valence-electron chi connectivity index (χ1n) is 3.51. The van der Waals surface area contributed by atoms with Crippen LogP contribution in [0.15, 0.2) is 0 Å². The van der Waals surface area contributed by atoms with Gasteiger partial charge in [0.05, 0.1) is 0 Å². The van der Waals surface area contributed by atoms with Crippen molar-refractivity contribution < 1.29 is 9.59 Å². The van der Waals surface area contributed by atoms with E-state index in [-0.39, 0.29) is 17.5 Å². The summed E-state index contributed by atoms with van der Waals surface area (Å²) in [4.78, 5) is 21.0. The van der Waals surface area contributed by atoms with Crippen molar-refractivity contribution in [1.29, 1.82) is 0 Å². The highest BCUT2D eigenvalue weighted by atomic mass is 16.1. The highest BCUT2D eigenvalue weighted by molar-refractivity contribution is 5.78. The Labute approximate surface area is 61.6 Å². The zero-order valence-corrected chi connectivity index (χ0v) is 6.81. The van der Waals surface area contributed by atoms with Gasteiger partial charge in [0.2, 0.25) is 0 Å². The molecule has 0 saturated carbocycles. The maximum absolute atomic E-state index is 10.5. The van der Waals surface area contributed by atoms with Crippen molar-refractivity contribution in [3.05, 3.63) is 0 Å². The lowest BCUT2D eigenvalue weighted by Gasteiger charge is -2.04. The summed E-state index contributed by atoms with van der Waals surface area (Å²) in [6.07, 6.45) is 1.05. The van der Waals surface area contributed by atoms with E-state index in [1.165, 1.54) is 0 Å². The molecule has 0 fully saturated rings. The number of ketones is 2. The molecule has 0 aliphatic rings. The van der Waals surface area contributed by atoms with E-state index in [2.05, 4.69) is 0 Å². The van der Waals surface area contributed by atoms with Gasteiger partial charge in [-0.05, 0) is 19.8 Å². The number of hydrogen-bond acceptors (Lipinski definition) is 2. The Morgan fingerprint density at radius 1 is 1.10 bits per heavy atom. The lowest BCUT2D eigenvalue weighted by atomic mass is 10.00. The van der Waals surface area contributed by atoms with E-state index in [0.717, 1.165) is 0 Å². The van der Waals surface area contributed by atoms with Gasteiger partial charge >= 0.3 is 0 Å². The van der Waals surface area contributed by atoms with Crippen molar-refractivity contribution in [3.8, 4) is 0 Å². The molecule has 0 aliphatic heterocycles. The molecular formula is C8H14O2. The first-order valence-corrected chi connectivity index (χ1v) is 3.51. The zero-order valence-electron chi connectivity index (χ0n) is 6.81. The number of carbonyl (C=O) groups excluding carboxylic acids is 2. The molecule has 0 saturated heterocycles. The fraction of sp³-hybridized carbons (Fsp3) is 0.750. The molecule has 0 aromatic heterocycles. The standard InChI is InChI=1S/C8H14O2/c1-6(4-7(2)9)5-8(3)10/h6H,4-5H2,1-3H3. The van der Waals surface area contributed by atoms with Gasteiger partial charge in [0.25, 0.3) is 0 Å². The summed E-state index contributed by atoms with van der Waals surface area (Å²) < 4.78 is 0. The average Bonchev–Trinajstić information content (AvgIpc) is 1.58. The second-order valence-electron chi connectivity index (χ2n) is 2.92. The molecule has 0 aromatic rings. The molecule has 0 bridgehead atoms. The predicted molar refractivity (Wildman–Crippen MR) is 39.8 cm³/mol. The molecule has 0 atom stereocenters. The fourth-order valence-corrected chi connectivity index (χ4v) is 1.05. The topological polar surface area (TPSA) is 34.1 Å². The summed E-state index contributed by atoms with van der Waals surface area (Å²) >= 11 is 0. The molecule has 0 N–H and O–H groups in total. The molecule has 0 aromatic carbocycles. The third-order valence-electron chi connectivity index (χ3n) is 1.27. The van der Waals surface area contributed by atoms with Crippen LogP contribution in [0.2, 0.25) is 0 Å². The monoisotopic (exact) mass is 142 g/mol. The van der Waals surface area contributed by atoms with Crippen LogP contribution in [0.5, 0.6) is 0 Å². The molecule has 0 rings (SSSR count). The van der Waals surface area contributed by atoms with Gasteiger partial charge in [-0.25, -0.2) is 0 Å². The minimum Gasteiger partial charge on any atom is -0.300 e. The minimum absolute atomic E-state index is 0.161. The molecule has 0 amide bonds. The Hall–Kier alpha value is -0.660. The van der Waals surface area contributed by atoms with Gasteiger partial charge in [0.1, 0.15) is 11.6 Å². The van der Waals surface area contributed by atoms with E-state index in [0.29, 0.717) is 12.8 Å². The number of rotatable bonds is 4. The average molecular weight is 142 g/mol. The summed E-state index contributed by atoms with van der Waals surface area (Å²) in [7, 11) is 0. The van der Waals surface area contributed by atoms with Gasteiger partial charge in [0, 0.05) is 12.8 Å². The van der Waals surface area contributed by atoms with E-state index >= 15 is 0 Å². The first kappa shape index (κ1) is 9.34. The third kappa shape index (κ3) is 5.48. The predicted octanol–water partition coefficient (Wildman–Crippen LogP) is 1.58. The second kappa shape index (κ2) is 4.20. The van der Waals surface area contributed by atoms with Crippen molar-refractivity contribution >= 4 is 11.6 Å². The third-order valence-corrected chi connectivity index (χ3v) is 1.27. The van der Waals surface area contributed by atoms with Crippen molar-refractivity contribution in [3.63, 3.8) is 0 Å². The quantitative estimate of drug-likeness (QED) is 0.597. The number of carbonyl (C=O) groups is 2. The van der Waals surface area contributed by atoms with Crippen molar-refractivity contribution in [2.24, 2.45) is 5.92 Å². The Morgan fingerprint density at radius 2 is 1.40 bits per heavy atom. The van der Waals surface area contributed by atoms with Crippen LogP contribution < -0.4 is 0 Å². The van der Waals surface area contributed by atoms with Gasteiger partial charge in [-0.1, -0.05) is 6.92 Å². The minimum atomic E-state index is 0.161. The van der Waals surface area contributed by atoms with Crippen LogP contribution in [0.3, 0.4) is 0 Å². The summed E-state index contributed by atoms with van der Waals surface area (Å²) in [6.45, 7) is 5.02. The lowest BCUT2D eigenvalue weighted by Crippen LogP contribution is -2.05. The molecule has 0 aliphatic carbocycles. The van der Waals surface area contributed by atoms with Crippen LogP contribution >= 0.6 is 0 Å². The van der Waals surface area contributed by atoms with Gasteiger partial charge < -0.3 is 9.59 Å². The molecule has 10 heavy (non-hydrogen) atoms. The van der Waals surface area contributed by atoms with Crippen molar-refractivity contribution in [1.82, 2.24) is 0 Å². The van der Waals surface area contributed by atoms with E-state index in [4.69, 9.17) is 0 Å². The van der Waals surface area contributed by atoms with Crippen LogP contribution in [-0.4, -0.2) is 11.6 Å². The Kier molecular flexibility index (Phi) is 3.93. The number of Topliss-reactive ketones (excluding diaryl/α,β-unsaturated/α-hetero) is 2. The fourth-order valence-electron chi connectivity index (χ4n) is 1.05. The lowest BCUT2D eigenvalue weighted by molar-refractivity contribution is -0.119. The molecule has 0 radical (unpaired) electrons. The zero-order chi connectivity index (χ0) is 8.15. The molecule has 0 spiro atoms. The molecule has 0 unspecified atom stereocenters. The van der Waals surface area contributed by atoms with Crippen LogP contribution in [0.1, 0.15) is 33.6 Å². The van der Waals surface area contributed by atoms with E-state index < -0.39 is 0 Å². The van der Waals surface area contributed by atoms with Crippen LogP contribution in [0.4, 0.5) is 0 Å². The maximum atomic E-state index is 10.5. The second-order valence-corrected chi connectivity index (χ2v) is 2.92. The summed E-state index contributed by atoms with van der Waals surface area (Å²) in [5.74, 6) is 0.539. The Bertz CT molecular complexity index is 122. The van der Waals surface area contributed by atoms with Crippen LogP contribution in [-0.2, 0) is 9.59 Å².